The molecule has 8 rings (SSSR count). The lowest BCUT2D eigenvalue weighted by atomic mass is 9.83. The largest absolute Gasteiger partial charge is 0.354 e. The Morgan fingerprint density at radius 2 is 1.05 bits per heavy atom. The monoisotopic (exact) mass is 525 g/mol. The van der Waals surface area contributed by atoms with Crippen molar-refractivity contribution in [3.63, 3.8) is 0 Å². The van der Waals surface area contributed by atoms with Gasteiger partial charge < -0.3 is 4.98 Å². The second kappa shape index (κ2) is 9.00. The number of fused-ring (bicyclic) bond motifs is 6. The summed E-state index contributed by atoms with van der Waals surface area (Å²) in [5.74, 6) is -0.324. The molecule has 1 aromatic heterocycles. The Hall–Kier alpha value is -5.54. The van der Waals surface area contributed by atoms with E-state index in [1.165, 1.54) is 22.9 Å². The molecule has 0 spiro atoms. The lowest BCUT2D eigenvalue weighted by molar-refractivity contribution is -0.112. The lowest BCUT2D eigenvalue weighted by Crippen LogP contribution is -2.13. The zero-order valence-electron chi connectivity index (χ0n) is 22.0. The molecule has 0 bridgehead atoms. The first-order valence-electron chi connectivity index (χ1n) is 13.7. The number of hydrogen-bond acceptors (Lipinski definition) is 2. The van der Waals surface area contributed by atoms with E-state index in [2.05, 4.69) is 71.7 Å². The van der Waals surface area contributed by atoms with Gasteiger partial charge in [0.1, 0.15) is 0 Å². The molecule has 41 heavy (non-hydrogen) atoms. The number of aromatic nitrogens is 1. The quantitative estimate of drug-likeness (QED) is 0.185. The summed E-state index contributed by atoms with van der Waals surface area (Å²) in [6, 6.07) is 40.9. The van der Waals surface area contributed by atoms with Gasteiger partial charge in [0.15, 0.2) is 11.6 Å². The van der Waals surface area contributed by atoms with Crippen molar-refractivity contribution in [2.45, 2.75) is 0 Å². The summed E-state index contributed by atoms with van der Waals surface area (Å²) in [4.78, 5) is 30.4. The fourth-order valence-corrected chi connectivity index (χ4v) is 6.31. The number of benzene rings is 6. The summed E-state index contributed by atoms with van der Waals surface area (Å²) in [6.07, 6.45) is 2.78. The van der Waals surface area contributed by atoms with Crippen molar-refractivity contribution >= 4 is 66.1 Å². The highest BCUT2D eigenvalue weighted by Crippen LogP contribution is 2.38. The second-order valence-corrected chi connectivity index (χ2v) is 10.5. The molecule has 1 aliphatic rings. The zero-order valence-corrected chi connectivity index (χ0v) is 22.0. The maximum absolute atomic E-state index is 13.5. The molecule has 1 heterocycles. The molecule has 3 nitrogen and oxygen atoms in total. The van der Waals surface area contributed by atoms with E-state index in [-0.39, 0.29) is 11.6 Å². The van der Waals surface area contributed by atoms with E-state index in [0.29, 0.717) is 11.1 Å². The van der Waals surface area contributed by atoms with Crippen LogP contribution >= 0.6 is 0 Å². The van der Waals surface area contributed by atoms with Crippen LogP contribution in [0.3, 0.4) is 0 Å². The molecular weight excluding hydrogens is 502 g/mol. The molecule has 0 unspecified atom stereocenters. The van der Waals surface area contributed by atoms with Crippen LogP contribution in [-0.2, 0) is 9.59 Å². The standard InChI is InChI=1S/C38H23NO2/c40-34-21-22-35(41)37(31-12-6-11-28-26-8-2-1-7-23(26)19-20-29(28)31)36(34)25-17-15-24(16-18-25)27-10-5-13-32-30-9-3-4-14-33(30)39-38(27)32/h1-22,39H. The van der Waals surface area contributed by atoms with Crippen molar-refractivity contribution in [2.75, 3.05) is 0 Å². The smallest absolute Gasteiger partial charge is 0.187 e. The number of carbonyl (C=O) groups is 2. The number of aromatic amines is 1. The molecule has 0 amide bonds. The third-order valence-corrected chi connectivity index (χ3v) is 8.21. The van der Waals surface area contributed by atoms with Crippen LogP contribution in [-0.4, -0.2) is 16.6 Å². The third-order valence-electron chi connectivity index (χ3n) is 8.21. The summed E-state index contributed by atoms with van der Waals surface area (Å²) in [5.41, 5.74) is 6.70. The highest BCUT2D eigenvalue weighted by atomic mass is 16.1. The molecule has 3 heteroatoms. The number of allylic oxidation sites excluding steroid dienone is 4. The van der Waals surface area contributed by atoms with E-state index >= 15 is 0 Å². The van der Waals surface area contributed by atoms with Gasteiger partial charge >= 0.3 is 0 Å². The lowest BCUT2D eigenvalue weighted by Gasteiger charge is -2.18. The maximum atomic E-state index is 13.5. The number of ketones is 2. The minimum atomic E-state index is -0.164. The van der Waals surface area contributed by atoms with Crippen LogP contribution in [0.4, 0.5) is 0 Å². The molecule has 0 saturated carbocycles. The fraction of sp³-hybridized carbons (Fsp3) is 0. The fourth-order valence-electron chi connectivity index (χ4n) is 6.31. The van der Waals surface area contributed by atoms with E-state index in [0.717, 1.165) is 54.8 Å². The van der Waals surface area contributed by atoms with Gasteiger partial charge in [-0.3, -0.25) is 9.59 Å². The van der Waals surface area contributed by atoms with Crippen molar-refractivity contribution in [1.82, 2.24) is 4.98 Å². The summed E-state index contributed by atoms with van der Waals surface area (Å²) in [6.45, 7) is 0. The van der Waals surface area contributed by atoms with Crippen LogP contribution in [0.2, 0.25) is 0 Å². The zero-order chi connectivity index (χ0) is 27.5. The molecule has 0 atom stereocenters. The second-order valence-electron chi connectivity index (χ2n) is 10.5. The average Bonchev–Trinajstić information content (AvgIpc) is 3.41. The van der Waals surface area contributed by atoms with Gasteiger partial charge in [0.05, 0.1) is 5.52 Å². The van der Waals surface area contributed by atoms with Gasteiger partial charge in [-0.15, -0.1) is 0 Å². The van der Waals surface area contributed by atoms with Crippen molar-refractivity contribution in [1.29, 1.82) is 0 Å². The van der Waals surface area contributed by atoms with Crippen molar-refractivity contribution in [3.05, 3.63) is 145 Å². The van der Waals surface area contributed by atoms with Gasteiger partial charge in [0, 0.05) is 33.0 Å². The summed E-state index contributed by atoms with van der Waals surface area (Å²) in [5, 5.41) is 6.64. The van der Waals surface area contributed by atoms with Crippen LogP contribution in [0.5, 0.6) is 0 Å². The van der Waals surface area contributed by atoms with Gasteiger partial charge in [0.25, 0.3) is 0 Å². The van der Waals surface area contributed by atoms with E-state index in [9.17, 15) is 9.59 Å². The molecule has 1 aliphatic carbocycles. The predicted octanol–water partition coefficient (Wildman–Crippen LogP) is 8.91. The van der Waals surface area contributed by atoms with Crippen LogP contribution in [0.15, 0.2) is 133 Å². The first kappa shape index (κ1) is 23.4. The topological polar surface area (TPSA) is 49.9 Å². The molecule has 0 radical (unpaired) electrons. The minimum Gasteiger partial charge on any atom is -0.354 e. The first-order valence-corrected chi connectivity index (χ1v) is 13.7. The van der Waals surface area contributed by atoms with Crippen molar-refractivity contribution in [3.8, 4) is 11.1 Å². The Morgan fingerprint density at radius 3 is 1.88 bits per heavy atom. The predicted molar refractivity (Wildman–Crippen MR) is 169 cm³/mol. The summed E-state index contributed by atoms with van der Waals surface area (Å²) >= 11 is 0. The maximum Gasteiger partial charge on any atom is 0.187 e. The minimum absolute atomic E-state index is 0.160. The van der Waals surface area contributed by atoms with Gasteiger partial charge in [-0.1, -0.05) is 115 Å². The van der Waals surface area contributed by atoms with Crippen LogP contribution in [0, 0.1) is 0 Å². The Labute approximate surface area is 236 Å². The molecular formula is C38H23NO2. The molecule has 192 valence electrons. The highest BCUT2D eigenvalue weighted by Gasteiger charge is 2.26. The van der Waals surface area contributed by atoms with Crippen LogP contribution in [0.1, 0.15) is 11.1 Å². The number of rotatable bonds is 3. The van der Waals surface area contributed by atoms with E-state index < -0.39 is 0 Å². The van der Waals surface area contributed by atoms with Crippen molar-refractivity contribution < 1.29 is 9.59 Å². The van der Waals surface area contributed by atoms with E-state index in [1.807, 2.05) is 54.6 Å². The molecule has 0 fully saturated rings. The Kier molecular flexibility index (Phi) is 5.13. The number of H-pyrrole nitrogens is 1. The van der Waals surface area contributed by atoms with E-state index in [1.54, 1.807) is 0 Å². The number of nitrogens with one attached hydrogen (secondary N) is 1. The Morgan fingerprint density at radius 1 is 0.415 bits per heavy atom. The first-order chi connectivity index (χ1) is 20.2. The van der Waals surface area contributed by atoms with Gasteiger partial charge in [-0.25, -0.2) is 0 Å². The van der Waals surface area contributed by atoms with E-state index in [4.69, 9.17) is 0 Å². The number of hydrogen-bond donors (Lipinski definition) is 1. The number of para-hydroxylation sites is 2. The van der Waals surface area contributed by atoms with Gasteiger partial charge in [-0.05, 0) is 56.5 Å². The SMILES string of the molecule is O=C1C=CC(=O)C(c2cccc3c2ccc2ccccc23)=C1c1ccc(-c2cccc3c2[nH]c2ccccc23)cc1. The Bertz CT molecular complexity index is 2280. The van der Waals surface area contributed by atoms with Crippen LogP contribution in [0.25, 0.3) is 65.6 Å². The Balaban J connectivity index is 1.30. The molecule has 6 aromatic carbocycles. The molecule has 7 aromatic rings. The third kappa shape index (κ3) is 3.60. The van der Waals surface area contributed by atoms with Gasteiger partial charge in [0.2, 0.25) is 0 Å². The summed E-state index contributed by atoms with van der Waals surface area (Å²) in [7, 11) is 0. The summed E-state index contributed by atoms with van der Waals surface area (Å²) < 4.78 is 0. The van der Waals surface area contributed by atoms with Gasteiger partial charge in [-0.2, -0.15) is 0 Å². The normalized spacial score (nSPS) is 13.8. The average molecular weight is 526 g/mol. The molecule has 1 N–H and O–H groups in total. The highest BCUT2D eigenvalue weighted by molar-refractivity contribution is 6.49. The van der Waals surface area contributed by atoms with Crippen molar-refractivity contribution in [2.24, 2.45) is 0 Å². The molecule has 0 aliphatic heterocycles. The number of carbonyl (C=O) groups excluding carboxylic acids is 2. The van der Waals surface area contributed by atoms with Crippen LogP contribution < -0.4 is 0 Å². The molecule has 0 saturated heterocycles.